The van der Waals surface area contributed by atoms with Gasteiger partial charge >= 0.3 is 0 Å². The maximum absolute atomic E-state index is 5.80. The second kappa shape index (κ2) is 5.24. The first-order valence-corrected chi connectivity index (χ1v) is 6.50. The monoisotopic (exact) mass is 252 g/mol. The molecule has 0 radical (unpaired) electrons. The summed E-state index contributed by atoms with van der Waals surface area (Å²) >= 11 is 0. The molecule has 1 aromatic heterocycles. The van der Waals surface area contributed by atoms with Crippen LogP contribution < -0.4 is 5.73 Å². The number of allylic oxidation sites excluding steroid dienone is 6. The van der Waals surface area contributed by atoms with Crippen molar-refractivity contribution in [3.8, 4) is 0 Å². The summed E-state index contributed by atoms with van der Waals surface area (Å²) in [7, 11) is 0. The molecule has 3 nitrogen and oxygen atoms in total. The molecule has 3 rings (SSSR count). The number of hydrogen-bond donors (Lipinski definition) is 1. The number of benzene rings is 1. The Bertz CT molecular complexity index is 677. The molecule has 0 amide bonds. The van der Waals surface area contributed by atoms with Crippen molar-refractivity contribution in [1.29, 1.82) is 0 Å². The Labute approximate surface area is 112 Å². The number of fused-ring (bicyclic) bond motifs is 1. The van der Waals surface area contributed by atoms with Crippen LogP contribution in [0.15, 0.2) is 53.0 Å². The van der Waals surface area contributed by atoms with Crippen molar-refractivity contribution in [2.45, 2.75) is 12.8 Å². The Kier molecular flexibility index (Phi) is 3.29. The topological polar surface area (TPSA) is 52.0 Å². The number of nitrogens with two attached hydrogens (primary N) is 1. The standard InChI is InChI=1S/C16H16N2O/c17-10-9-12-7-8-15-14(11-12)18-16(19-15)13-5-3-1-2-4-6-13/h1,3-8,11H,2,9-10,17H2. The van der Waals surface area contributed by atoms with Gasteiger partial charge in [-0.05, 0) is 43.2 Å². The molecule has 0 bridgehead atoms. The Morgan fingerprint density at radius 3 is 3.11 bits per heavy atom. The maximum Gasteiger partial charge on any atom is 0.227 e. The van der Waals surface area contributed by atoms with Crippen LogP contribution in [-0.4, -0.2) is 11.5 Å². The zero-order valence-electron chi connectivity index (χ0n) is 10.7. The number of hydrogen-bond acceptors (Lipinski definition) is 3. The van der Waals surface area contributed by atoms with E-state index >= 15 is 0 Å². The third kappa shape index (κ3) is 2.51. The second-order valence-electron chi connectivity index (χ2n) is 4.55. The zero-order valence-corrected chi connectivity index (χ0v) is 10.7. The molecule has 2 aromatic rings. The molecule has 0 saturated carbocycles. The number of rotatable bonds is 3. The molecule has 1 aliphatic rings. The number of aromatic nitrogens is 1. The predicted molar refractivity (Wildman–Crippen MR) is 77.6 cm³/mol. The fourth-order valence-electron chi connectivity index (χ4n) is 2.14. The Balaban J connectivity index is 2.01. The third-order valence-electron chi connectivity index (χ3n) is 3.11. The summed E-state index contributed by atoms with van der Waals surface area (Å²) in [5.41, 5.74) is 9.48. The van der Waals surface area contributed by atoms with Crippen LogP contribution in [0.4, 0.5) is 0 Å². The molecule has 1 heterocycles. The van der Waals surface area contributed by atoms with Crippen molar-refractivity contribution in [2.75, 3.05) is 6.54 Å². The maximum atomic E-state index is 5.80. The van der Waals surface area contributed by atoms with Crippen LogP contribution in [0.3, 0.4) is 0 Å². The summed E-state index contributed by atoms with van der Waals surface area (Å²) in [4.78, 5) is 4.56. The third-order valence-corrected chi connectivity index (χ3v) is 3.11. The molecule has 19 heavy (non-hydrogen) atoms. The Hall–Kier alpha value is -2.13. The van der Waals surface area contributed by atoms with Crippen LogP contribution >= 0.6 is 0 Å². The molecular formula is C16H16N2O. The lowest BCUT2D eigenvalue weighted by atomic mass is 10.1. The van der Waals surface area contributed by atoms with Crippen molar-refractivity contribution in [1.82, 2.24) is 4.98 Å². The highest BCUT2D eigenvalue weighted by atomic mass is 16.3. The predicted octanol–water partition coefficient (Wildman–Crippen LogP) is 3.23. The summed E-state index contributed by atoms with van der Waals surface area (Å²) < 4.78 is 5.80. The van der Waals surface area contributed by atoms with E-state index in [1.165, 1.54) is 5.56 Å². The van der Waals surface area contributed by atoms with Crippen molar-refractivity contribution >= 4 is 16.7 Å². The average molecular weight is 252 g/mol. The minimum Gasteiger partial charge on any atom is -0.436 e. The first-order chi connectivity index (χ1) is 9.36. The Morgan fingerprint density at radius 1 is 1.26 bits per heavy atom. The molecule has 1 aliphatic carbocycles. The van der Waals surface area contributed by atoms with Crippen molar-refractivity contribution in [2.24, 2.45) is 5.73 Å². The van der Waals surface area contributed by atoms with Gasteiger partial charge in [-0.1, -0.05) is 30.4 Å². The smallest absolute Gasteiger partial charge is 0.227 e. The summed E-state index contributed by atoms with van der Waals surface area (Å²) in [5.74, 6) is 0.669. The molecule has 3 heteroatoms. The zero-order chi connectivity index (χ0) is 13.1. The highest BCUT2D eigenvalue weighted by Crippen LogP contribution is 2.24. The number of oxazole rings is 1. The lowest BCUT2D eigenvalue weighted by Crippen LogP contribution is -2.02. The molecular weight excluding hydrogens is 236 g/mol. The van der Waals surface area contributed by atoms with Gasteiger partial charge in [0.2, 0.25) is 5.89 Å². The second-order valence-corrected chi connectivity index (χ2v) is 4.55. The minimum absolute atomic E-state index is 0.648. The van der Waals surface area contributed by atoms with Crippen LogP contribution in [0.2, 0.25) is 0 Å². The molecule has 1 aromatic carbocycles. The van der Waals surface area contributed by atoms with Gasteiger partial charge in [0.05, 0.1) is 0 Å². The van der Waals surface area contributed by atoms with Crippen LogP contribution in [0.5, 0.6) is 0 Å². The van der Waals surface area contributed by atoms with Crippen molar-refractivity contribution < 1.29 is 4.42 Å². The van der Waals surface area contributed by atoms with E-state index in [-0.39, 0.29) is 0 Å². The van der Waals surface area contributed by atoms with Gasteiger partial charge in [0.15, 0.2) is 5.58 Å². The quantitative estimate of drug-likeness (QED) is 0.912. The lowest BCUT2D eigenvalue weighted by Gasteiger charge is -1.95. The van der Waals surface area contributed by atoms with E-state index in [1.807, 2.05) is 36.4 Å². The van der Waals surface area contributed by atoms with Crippen molar-refractivity contribution in [3.05, 3.63) is 60.0 Å². The van der Waals surface area contributed by atoms with Crippen LogP contribution in [-0.2, 0) is 6.42 Å². The molecule has 0 aliphatic heterocycles. The van der Waals surface area contributed by atoms with E-state index in [2.05, 4.69) is 17.1 Å². The highest BCUT2D eigenvalue weighted by Gasteiger charge is 2.09. The van der Waals surface area contributed by atoms with Gasteiger partial charge in [0.1, 0.15) is 5.52 Å². The van der Waals surface area contributed by atoms with E-state index in [1.54, 1.807) is 0 Å². The SMILES string of the molecule is NCCc1ccc2oc(C3=CC=CCC=C3)nc2c1. The first-order valence-electron chi connectivity index (χ1n) is 6.50. The van der Waals surface area contributed by atoms with Crippen LogP contribution in [0.1, 0.15) is 17.9 Å². The average Bonchev–Trinajstić information content (AvgIpc) is 2.65. The fourth-order valence-corrected chi connectivity index (χ4v) is 2.14. The summed E-state index contributed by atoms with van der Waals surface area (Å²) in [6.45, 7) is 0.648. The lowest BCUT2D eigenvalue weighted by molar-refractivity contribution is 0.585. The largest absolute Gasteiger partial charge is 0.436 e. The molecule has 96 valence electrons. The van der Waals surface area contributed by atoms with Gasteiger partial charge in [0.25, 0.3) is 0 Å². The minimum atomic E-state index is 0.648. The van der Waals surface area contributed by atoms with Crippen molar-refractivity contribution in [3.63, 3.8) is 0 Å². The van der Waals surface area contributed by atoms with Gasteiger partial charge < -0.3 is 10.2 Å². The number of nitrogens with zero attached hydrogens (tertiary/aromatic N) is 1. The molecule has 2 N–H and O–H groups in total. The van der Waals surface area contributed by atoms with Gasteiger partial charge in [-0.15, -0.1) is 0 Å². The normalized spacial score (nSPS) is 14.7. The summed E-state index contributed by atoms with van der Waals surface area (Å²) in [5, 5.41) is 0. The fraction of sp³-hybridized carbons (Fsp3) is 0.188. The molecule has 0 atom stereocenters. The molecule has 0 fully saturated rings. The van der Waals surface area contributed by atoms with Gasteiger partial charge in [-0.3, -0.25) is 0 Å². The first kappa shape index (κ1) is 11.9. The Morgan fingerprint density at radius 2 is 2.21 bits per heavy atom. The molecule has 0 spiro atoms. The van der Waals surface area contributed by atoms with Crippen LogP contribution in [0, 0.1) is 0 Å². The van der Waals surface area contributed by atoms with E-state index in [0.29, 0.717) is 12.4 Å². The van der Waals surface area contributed by atoms with Gasteiger partial charge in [-0.2, -0.15) is 0 Å². The van der Waals surface area contributed by atoms with E-state index in [9.17, 15) is 0 Å². The van der Waals surface area contributed by atoms with E-state index in [0.717, 1.165) is 29.5 Å². The summed E-state index contributed by atoms with van der Waals surface area (Å²) in [6, 6.07) is 6.06. The molecule has 0 unspecified atom stereocenters. The van der Waals surface area contributed by atoms with Gasteiger partial charge in [0, 0.05) is 5.57 Å². The van der Waals surface area contributed by atoms with Crippen LogP contribution in [0.25, 0.3) is 16.7 Å². The molecule has 0 saturated heterocycles. The van der Waals surface area contributed by atoms with E-state index in [4.69, 9.17) is 10.2 Å². The van der Waals surface area contributed by atoms with Gasteiger partial charge in [-0.25, -0.2) is 4.98 Å². The van der Waals surface area contributed by atoms with E-state index < -0.39 is 0 Å². The summed E-state index contributed by atoms with van der Waals surface area (Å²) in [6.07, 6.45) is 12.1. The highest BCUT2D eigenvalue weighted by molar-refractivity contribution is 5.79.